The summed E-state index contributed by atoms with van der Waals surface area (Å²) in [6, 6.07) is 10.1. The van der Waals surface area contributed by atoms with Crippen LogP contribution in [0.1, 0.15) is 63.4 Å². The molecular weight excluding hydrogens is 552 g/mol. The van der Waals surface area contributed by atoms with E-state index in [2.05, 4.69) is 44.2 Å². The Morgan fingerprint density at radius 3 is 2.44 bits per heavy atom. The number of unbranched alkanes of at least 4 members (excludes halogenated alkanes) is 1. The Morgan fingerprint density at radius 1 is 1.02 bits per heavy atom. The summed E-state index contributed by atoms with van der Waals surface area (Å²) < 4.78 is 0. The number of carbonyl (C=O) groups excluding carboxylic acids is 1. The van der Waals surface area contributed by atoms with Crippen LogP contribution in [0, 0.1) is 22.0 Å². The van der Waals surface area contributed by atoms with Gasteiger partial charge in [0.25, 0.3) is 5.09 Å². The number of carbonyl (C=O) groups is 1. The number of hydrogen-bond acceptors (Lipinski definition) is 9. The maximum atomic E-state index is 12.2. The molecule has 11 nitrogen and oxygen atoms in total. The summed E-state index contributed by atoms with van der Waals surface area (Å²) in [5, 5.41) is 44.0. The van der Waals surface area contributed by atoms with Gasteiger partial charge in [-0.25, -0.2) is 0 Å². The second kappa shape index (κ2) is 19.7. The van der Waals surface area contributed by atoms with Crippen LogP contribution in [0.5, 0.6) is 0 Å². The summed E-state index contributed by atoms with van der Waals surface area (Å²) in [4.78, 5) is 31.4. The first-order chi connectivity index (χ1) is 20.8. The third kappa shape index (κ3) is 13.7. The molecule has 2 fully saturated rings. The fourth-order valence-electron chi connectivity index (χ4n) is 6.27. The van der Waals surface area contributed by atoms with Crippen molar-refractivity contribution in [2.24, 2.45) is 11.8 Å². The van der Waals surface area contributed by atoms with Crippen molar-refractivity contribution >= 4 is 5.91 Å². The summed E-state index contributed by atoms with van der Waals surface area (Å²) in [6.07, 6.45) is 9.22. The monoisotopic (exact) mass is 604 g/mol. The van der Waals surface area contributed by atoms with Crippen molar-refractivity contribution in [3.8, 4) is 0 Å². The lowest BCUT2D eigenvalue weighted by atomic mass is 9.85. The van der Waals surface area contributed by atoms with E-state index in [0.717, 1.165) is 58.5 Å². The number of piperazine rings is 1. The lowest BCUT2D eigenvalue weighted by molar-refractivity contribution is -0.757. The smallest absolute Gasteiger partial charge is 0.294 e. The molecule has 1 saturated carbocycles. The average Bonchev–Trinajstić information content (AvgIpc) is 3.27. The van der Waals surface area contributed by atoms with Crippen molar-refractivity contribution in [3.05, 3.63) is 58.2 Å². The van der Waals surface area contributed by atoms with Crippen LogP contribution < -0.4 is 5.32 Å². The maximum absolute atomic E-state index is 12.2. The fraction of sp³-hybridized carbons (Fsp3) is 0.719. The van der Waals surface area contributed by atoms with Crippen molar-refractivity contribution in [2.45, 2.75) is 82.5 Å². The van der Waals surface area contributed by atoms with Crippen LogP contribution in [0.15, 0.2) is 42.5 Å². The number of benzene rings is 1. The molecule has 4 N–H and O–H groups in total. The van der Waals surface area contributed by atoms with E-state index in [1.165, 1.54) is 5.56 Å². The van der Waals surface area contributed by atoms with Gasteiger partial charge in [-0.05, 0) is 75.2 Å². The number of rotatable bonds is 20. The molecule has 242 valence electrons. The van der Waals surface area contributed by atoms with Gasteiger partial charge in [0.1, 0.15) is 0 Å². The van der Waals surface area contributed by atoms with Gasteiger partial charge >= 0.3 is 0 Å². The summed E-state index contributed by atoms with van der Waals surface area (Å²) in [5.41, 5.74) is 1.21. The van der Waals surface area contributed by atoms with E-state index in [1.54, 1.807) is 0 Å². The Kier molecular flexibility index (Phi) is 16.0. The second-order valence-electron chi connectivity index (χ2n) is 12.0. The minimum atomic E-state index is -0.752. The highest BCUT2D eigenvalue weighted by Crippen LogP contribution is 2.38. The second-order valence-corrected chi connectivity index (χ2v) is 12.0. The minimum Gasteiger partial charge on any atom is -0.393 e. The van der Waals surface area contributed by atoms with E-state index in [1.807, 2.05) is 18.2 Å². The van der Waals surface area contributed by atoms with Gasteiger partial charge in [-0.3, -0.25) is 9.69 Å². The third-order valence-corrected chi connectivity index (χ3v) is 8.84. The van der Waals surface area contributed by atoms with Crippen molar-refractivity contribution in [3.63, 3.8) is 0 Å². The molecule has 43 heavy (non-hydrogen) atoms. The molecule has 1 amide bonds. The molecule has 0 radical (unpaired) electrons. The number of nitrogens with zero attached hydrogens (tertiary/aromatic N) is 3. The molecule has 11 heteroatoms. The molecule has 2 aliphatic rings. The fourth-order valence-corrected chi connectivity index (χ4v) is 6.27. The van der Waals surface area contributed by atoms with Crippen LogP contribution >= 0.6 is 0 Å². The third-order valence-electron chi connectivity index (χ3n) is 8.84. The molecule has 1 aromatic carbocycles. The predicted octanol–water partition coefficient (Wildman–Crippen LogP) is 2.57. The molecule has 5 atom stereocenters. The molecule has 1 saturated heterocycles. The van der Waals surface area contributed by atoms with E-state index in [0.29, 0.717) is 51.5 Å². The van der Waals surface area contributed by atoms with Gasteiger partial charge in [0.15, 0.2) is 0 Å². The Balaban J connectivity index is 1.22. The first-order valence-electron chi connectivity index (χ1n) is 16.0. The average molecular weight is 605 g/mol. The number of aliphatic hydroxyl groups excluding tert-OH is 3. The van der Waals surface area contributed by atoms with Crippen molar-refractivity contribution in [2.75, 3.05) is 52.4 Å². The van der Waals surface area contributed by atoms with Crippen molar-refractivity contribution in [1.29, 1.82) is 0 Å². The number of nitrogens with one attached hydrogen (secondary N) is 1. The van der Waals surface area contributed by atoms with Crippen LogP contribution in [0.4, 0.5) is 0 Å². The summed E-state index contributed by atoms with van der Waals surface area (Å²) in [5.74, 6) is 0.0218. The molecule has 0 aromatic heterocycles. The Bertz CT molecular complexity index is 958. The molecule has 1 aliphatic carbocycles. The number of aryl methyl sites for hydroxylation is 1. The Labute approximate surface area is 256 Å². The lowest BCUT2D eigenvalue weighted by Gasteiger charge is -2.34. The van der Waals surface area contributed by atoms with Crippen molar-refractivity contribution in [1.82, 2.24) is 15.1 Å². The van der Waals surface area contributed by atoms with E-state index in [-0.39, 0.29) is 24.3 Å². The number of aliphatic hydroxyl groups is 3. The van der Waals surface area contributed by atoms with Gasteiger partial charge in [0.2, 0.25) is 5.91 Å². The zero-order valence-corrected chi connectivity index (χ0v) is 25.5. The van der Waals surface area contributed by atoms with Gasteiger partial charge in [0.05, 0.1) is 24.9 Å². The SMILES string of the molecule is O=C(CCCC=CC[C@@H]1[C@@H](CC[C@@H](O)CCc2ccccc2)[C@H](O)C[C@@H]1O)NCCN1CCN(CCCO[N+](=O)[O-])CC1. The quantitative estimate of drug-likeness (QED) is 0.0763. The summed E-state index contributed by atoms with van der Waals surface area (Å²) in [6.45, 7) is 6.00. The van der Waals surface area contributed by atoms with E-state index < -0.39 is 23.4 Å². The van der Waals surface area contributed by atoms with E-state index in [9.17, 15) is 30.2 Å². The van der Waals surface area contributed by atoms with Gasteiger partial charge in [-0.2, -0.15) is 0 Å². The van der Waals surface area contributed by atoms with Crippen LogP contribution in [0.25, 0.3) is 0 Å². The lowest BCUT2D eigenvalue weighted by Crippen LogP contribution is -2.48. The molecule has 1 heterocycles. The molecular formula is C32H52N4O7. The Morgan fingerprint density at radius 2 is 1.72 bits per heavy atom. The molecule has 0 spiro atoms. The van der Waals surface area contributed by atoms with Gasteiger partial charge < -0.3 is 30.4 Å². The standard InChI is InChI=1S/C32H52N4O7/c37-27(14-13-26-9-4-3-5-10-26)15-16-29-28(30(38)25-31(29)39)11-6-1-2-7-12-32(40)33-17-19-35-22-20-34(21-23-35)18-8-24-43-36(41)42/h1,3-6,9-10,27-31,37-39H,2,7-8,11-25H2,(H,33,40)/t27-,28+,29+,30-,31+/m0/s1. The first-order valence-corrected chi connectivity index (χ1v) is 16.0. The summed E-state index contributed by atoms with van der Waals surface area (Å²) >= 11 is 0. The highest BCUT2D eigenvalue weighted by Gasteiger charge is 2.40. The summed E-state index contributed by atoms with van der Waals surface area (Å²) in [7, 11) is 0. The minimum absolute atomic E-state index is 0.0136. The van der Waals surface area contributed by atoms with Crippen LogP contribution in [-0.4, -0.2) is 107 Å². The zero-order valence-electron chi connectivity index (χ0n) is 25.5. The number of amides is 1. The normalized spacial score (nSPS) is 23.9. The first kappa shape index (κ1) is 34.9. The Hall–Kier alpha value is -2.57. The largest absolute Gasteiger partial charge is 0.393 e. The molecule has 0 unspecified atom stereocenters. The maximum Gasteiger partial charge on any atom is 0.294 e. The molecule has 1 aromatic rings. The molecule has 0 bridgehead atoms. The van der Waals surface area contributed by atoms with Gasteiger partial charge in [-0.1, -0.05) is 42.5 Å². The van der Waals surface area contributed by atoms with Crippen LogP contribution in [0.3, 0.4) is 0 Å². The van der Waals surface area contributed by atoms with Crippen LogP contribution in [0.2, 0.25) is 0 Å². The van der Waals surface area contributed by atoms with Gasteiger partial charge in [-0.15, -0.1) is 10.1 Å². The van der Waals surface area contributed by atoms with E-state index in [4.69, 9.17) is 0 Å². The topological polar surface area (TPSA) is 149 Å². The molecule has 1 aliphatic heterocycles. The van der Waals surface area contributed by atoms with E-state index >= 15 is 0 Å². The number of hydrogen-bond donors (Lipinski definition) is 4. The van der Waals surface area contributed by atoms with Crippen molar-refractivity contribution < 1.29 is 30.0 Å². The predicted molar refractivity (Wildman–Crippen MR) is 165 cm³/mol. The molecule has 3 rings (SSSR count). The van der Waals surface area contributed by atoms with Gasteiger partial charge in [0, 0.05) is 52.2 Å². The highest BCUT2D eigenvalue weighted by molar-refractivity contribution is 5.75. The highest BCUT2D eigenvalue weighted by atomic mass is 16.9. The van der Waals surface area contributed by atoms with Crippen LogP contribution in [-0.2, 0) is 16.1 Å². The zero-order chi connectivity index (χ0) is 30.9. The number of allylic oxidation sites excluding steroid dienone is 2.